The third-order valence-electron chi connectivity index (χ3n) is 4.91. The molecule has 0 radical (unpaired) electrons. The van der Waals surface area contributed by atoms with Crippen molar-refractivity contribution in [3.8, 4) is 0 Å². The third kappa shape index (κ3) is 4.08. The molecule has 118 valence electrons. The van der Waals surface area contributed by atoms with E-state index in [9.17, 15) is 0 Å². The molecule has 1 N–H and O–H groups in total. The fraction of sp³-hybridized carbons (Fsp3) is 0.684. The lowest BCUT2D eigenvalue weighted by molar-refractivity contribution is 0.0571. The van der Waals surface area contributed by atoms with Gasteiger partial charge in [-0.05, 0) is 29.4 Å². The predicted molar refractivity (Wildman–Crippen MR) is 91.5 cm³/mol. The van der Waals surface area contributed by atoms with Gasteiger partial charge in [-0.25, -0.2) is 0 Å². The highest BCUT2D eigenvalue weighted by Gasteiger charge is 2.35. The number of rotatable bonds is 3. The van der Waals surface area contributed by atoms with Crippen molar-refractivity contribution in [2.45, 2.75) is 60.2 Å². The molecule has 1 aromatic carbocycles. The van der Waals surface area contributed by atoms with Gasteiger partial charge >= 0.3 is 0 Å². The SMILES string of the molecule is Cc1ccccc1CN1CC(C(C)(C)C)NCC1C(C)C. The van der Waals surface area contributed by atoms with E-state index in [-0.39, 0.29) is 0 Å². The molecule has 1 aliphatic rings. The average molecular weight is 288 g/mol. The number of hydrogen-bond acceptors (Lipinski definition) is 2. The molecule has 0 aliphatic carbocycles. The zero-order valence-corrected chi connectivity index (χ0v) is 14.6. The summed E-state index contributed by atoms with van der Waals surface area (Å²) in [6.07, 6.45) is 0. The fourth-order valence-corrected chi connectivity index (χ4v) is 3.25. The highest BCUT2D eigenvalue weighted by Crippen LogP contribution is 2.27. The van der Waals surface area contributed by atoms with Crippen LogP contribution in [0.4, 0.5) is 0 Å². The first-order valence-corrected chi connectivity index (χ1v) is 8.31. The van der Waals surface area contributed by atoms with E-state index in [1.54, 1.807) is 0 Å². The molecule has 0 amide bonds. The van der Waals surface area contributed by atoms with Crippen molar-refractivity contribution < 1.29 is 0 Å². The summed E-state index contributed by atoms with van der Waals surface area (Å²) >= 11 is 0. The molecular formula is C19H32N2. The summed E-state index contributed by atoms with van der Waals surface area (Å²) in [6.45, 7) is 17.2. The predicted octanol–water partition coefficient (Wildman–Crippen LogP) is 3.84. The van der Waals surface area contributed by atoms with E-state index >= 15 is 0 Å². The Balaban J connectivity index is 2.16. The summed E-state index contributed by atoms with van der Waals surface area (Å²) in [7, 11) is 0. The van der Waals surface area contributed by atoms with Gasteiger partial charge in [0, 0.05) is 31.7 Å². The normalized spacial score (nSPS) is 24.5. The molecule has 1 heterocycles. The van der Waals surface area contributed by atoms with Crippen LogP contribution in [0.3, 0.4) is 0 Å². The van der Waals surface area contributed by atoms with Crippen molar-refractivity contribution in [1.82, 2.24) is 10.2 Å². The van der Waals surface area contributed by atoms with Gasteiger partial charge < -0.3 is 5.32 Å². The Labute approximate surface area is 130 Å². The van der Waals surface area contributed by atoms with Gasteiger partial charge in [0.2, 0.25) is 0 Å². The molecular weight excluding hydrogens is 256 g/mol. The maximum Gasteiger partial charge on any atom is 0.0247 e. The zero-order valence-electron chi connectivity index (χ0n) is 14.6. The van der Waals surface area contributed by atoms with Crippen LogP contribution >= 0.6 is 0 Å². The van der Waals surface area contributed by atoms with Crippen LogP contribution in [0.2, 0.25) is 0 Å². The Kier molecular flexibility index (Phi) is 5.11. The summed E-state index contributed by atoms with van der Waals surface area (Å²) in [5.41, 5.74) is 3.19. The summed E-state index contributed by atoms with van der Waals surface area (Å²) < 4.78 is 0. The lowest BCUT2D eigenvalue weighted by Crippen LogP contribution is -2.61. The van der Waals surface area contributed by atoms with Crippen LogP contribution < -0.4 is 5.32 Å². The topological polar surface area (TPSA) is 15.3 Å². The third-order valence-corrected chi connectivity index (χ3v) is 4.91. The van der Waals surface area contributed by atoms with Gasteiger partial charge in [0.05, 0.1) is 0 Å². The Morgan fingerprint density at radius 1 is 1.24 bits per heavy atom. The van der Waals surface area contributed by atoms with Gasteiger partial charge in [0.15, 0.2) is 0 Å². The fourth-order valence-electron chi connectivity index (χ4n) is 3.25. The van der Waals surface area contributed by atoms with Crippen LogP contribution in [-0.4, -0.2) is 30.1 Å². The van der Waals surface area contributed by atoms with Gasteiger partial charge in [-0.2, -0.15) is 0 Å². The van der Waals surface area contributed by atoms with Crippen molar-refractivity contribution in [2.75, 3.05) is 13.1 Å². The lowest BCUT2D eigenvalue weighted by Gasteiger charge is -2.46. The first-order chi connectivity index (χ1) is 9.79. The first-order valence-electron chi connectivity index (χ1n) is 8.31. The lowest BCUT2D eigenvalue weighted by atomic mass is 9.83. The highest BCUT2D eigenvalue weighted by molar-refractivity contribution is 5.25. The molecule has 2 nitrogen and oxygen atoms in total. The van der Waals surface area contributed by atoms with Gasteiger partial charge in [-0.1, -0.05) is 58.9 Å². The van der Waals surface area contributed by atoms with Crippen LogP contribution in [0, 0.1) is 18.3 Å². The molecule has 21 heavy (non-hydrogen) atoms. The van der Waals surface area contributed by atoms with Crippen LogP contribution in [-0.2, 0) is 6.54 Å². The second-order valence-corrected chi connectivity index (χ2v) is 7.99. The summed E-state index contributed by atoms with van der Waals surface area (Å²) in [4.78, 5) is 2.69. The number of aryl methyl sites for hydroxylation is 1. The number of nitrogens with one attached hydrogen (secondary N) is 1. The van der Waals surface area contributed by atoms with Crippen LogP contribution in [0.5, 0.6) is 0 Å². The van der Waals surface area contributed by atoms with Crippen LogP contribution in [0.25, 0.3) is 0 Å². The molecule has 2 atom stereocenters. The Bertz CT molecular complexity index is 459. The number of piperazine rings is 1. The van der Waals surface area contributed by atoms with Crippen molar-refractivity contribution in [3.63, 3.8) is 0 Å². The Morgan fingerprint density at radius 2 is 1.90 bits per heavy atom. The van der Waals surface area contributed by atoms with Gasteiger partial charge in [-0.15, -0.1) is 0 Å². The summed E-state index contributed by atoms with van der Waals surface area (Å²) in [5, 5.41) is 3.78. The van der Waals surface area contributed by atoms with Gasteiger partial charge in [-0.3, -0.25) is 4.90 Å². The maximum absolute atomic E-state index is 3.78. The van der Waals surface area contributed by atoms with Crippen LogP contribution in [0.1, 0.15) is 45.7 Å². The van der Waals surface area contributed by atoms with E-state index in [4.69, 9.17) is 0 Å². The highest BCUT2D eigenvalue weighted by atomic mass is 15.2. The van der Waals surface area contributed by atoms with E-state index in [0.717, 1.165) is 19.6 Å². The molecule has 1 saturated heterocycles. The van der Waals surface area contributed by atoms with Crippen molar-refractivity contribution >= 4 is 0 Å². The van der Waals surface area contributed by atoms with E-state index in [1.807, 2.05) is 0 Å². The molecule has 0 aromatic heterocycles. The quantitative estimate of drug-likeness (QED) is 0.909. The number of nitrogens with zero attached hydrogens (tertiary/aromatic N) is 1. The van der Waals surface area contributed by atoms with E-state index in [2.05, 4.69) is 76.0 Å². The molecule has 2 rings (SSSR count). The van der Waals surface area contributed by atoms with Crippen LogP contribution in [0.15, 0.2) is 24.3 Å². The second-order valence-electron chi connectivity index (χ2n) is 7.99. The minimum Gasteiger partial charge on any atom is -0.311 e. The first kappa shape index (κ1) is 16.5. The monoisotopic (exact) mass is 288 g/mol. The van der Waals surface area contributed by atoms with Crippen molar-refractivity contribution in [3.05, 3.63) is 35.4 Å². The van der Waals surface area contributed by atoms with Crippen molar-refractivity contribution in [2.24, 2.45) is 11.3 Å². The van der Waals surface area contributed by atoms with E-state index < -0.39 is 0 Å². The Hall–Kier alpha value is -0.860. The van der Waals surface area contributed by atoms with Gasteiger partial charge in [0.25, 0.3) is 0 Å². The average Bonchev–Trinajstić information content (AvgIpc) is 2.40. The standard InChI is InChI=1S/C19H32N2/c1-14(2)17-11-20-18(19(4,5)6)13-21(17)12-16-10-8-7-9-15(16)3/h7-10,14,17-18,20H,11-13H2,1-6H3. The molecule has 1 aliphatic heterocycles. The van der Waals surface area contributed by atoms with Gasteiger partial charge in [0.1, 0.15) is 0 Å². The zero-order chi connectivity index (χ0) is 15.6. The molecule has 2 unspecified atom stereocenters. The maximum atomic E-state index is 3.78. The Morgan fingerprint density at radius 3 is 2.48 bits per heavy atom. The second kappa shape index (κ2) is 6.50. The van der Waals surface area contributed by atoms with E-state index in [0.29, 0.717) is 23.4 Å². The number of hydrogen-bond donors (Lipinski definition) is 1. The summed E-state index contributed by atoms with van der Waals surface area (Å²) in [6, 6.07) is 9.99. The summed E-state index contributed by atoms with van der Waals surface area (Å²) in [5.74, 6) is 0.683. The minimum absolute atomic E-state index is 0.311. The molecule has 1 fully saturated rings. The molecule has 2 heteroatoms. The number of benzene rings is 1. The van der Waals surface area contributed by atoms with Crippen molar-refractivity contribution in [1.29, 1.82) is 0 Å². The molecule has 1 aromatic rings. The minimum atomic E-state index is 0.311. The van der Waals surface area contributed by atoms with E-state index in [1.165, 1.54) is 11.1 Å². The molecule has 0 bridgehead atoms. The molecule has 0 spiro atoms. The molecule has 0 saturated carbocycles. The smallest absolute Gasteiger partial charge is 0.0247 e. The largest absolute Gasteiger partial charge is 0.311 e.